The number of hydrogen-bond acceptors (Lipinski definition) is 1. The number of carbonyl (C=O) groups is 1. The fourth-order valence-corrected chi connectivity index (χ4v) is 1.68. The van der Waals surface area contributed by atoms with Crippen LogP contribution < -0.4 is 0 Å². The van der Waals surface area contributed by atoms with E-state index in [1.54, 1.807) is 0 Å². The molecule has 0 aromatic heterocycles. The molecule has 0 aliphatic rings. The van der Waals surface area contributed by atoms with Crippen molar-refractivity contribution in [1.82, 2.24) is 0 Å². The van der Waals surface area contributed by atoms with Gasteiger partial charge in [-0.15, -0.1) is 0 Å². The van der Waals surface area contributed by atoms with Gasteiger partial charge in [-0.05, 0) is 22.0 Å². The van der Waals surface area contributed by atoms with E-state index in [0.717, 1.165) is 0 Å². The first-order valence-electron chi connectivity index (χ1n) is 3.49. The van der Waals surface area contributed by atoms with Crippen LogP contribution in [0.15, 0.2) is 10.5 Å². The lowest BCUT2D eigenvalue weighted by molar-refractivity contribution is -0.137. The van der Waals surface area contributed by atoms with Crippen LogP contribution in [0.25, 0.3) is 0 Å². The summed E-state index contributed by atoms with van der Waals surface area (Å²) in [4.78, 5) is 10.4. The van der Waals surface area contributed by atoms with Crippen molar-refractivity contribution >= 4 is 33.8 Å². The second kappa shape index (κ2) is 4.09. The first-order valence-corrected chi connectivity index (χ1v) is 4.66. The van der Waals surface area contributed by atoms with Crippen LogP contribution in [0.2, 0.25) is 5.02 Å². The van der Waals surface area contributed by atoms with Gasteiger partial charge in [0, 0.05) is 0 Å². The Labute approximate surface area is 95.2 Å². The predicted molar refractivity (Wildman–Crippen MR) is 49.5 cm³/mol. The highest BCUT2D eigenvalue weighted by atomic mass is 79.9. The van der Waals surface area contributed by atoms with Gasteiger partial charge >= 0.3 is 6.18 Å². The molecule has 0 saturated carbocycles. The van der Waals surface area contributed by atoms with Crippen molar-refractivity contribution in [2.75, 3.05) is 0 Å². The summed E-state index contributed by atoms with van der Waals surface area (Å²) in [5, 5.41) is -0.731. The van der Waals surface area contributed by atoms with E-state index in [9.17, 15) is 22.4 Å². The maximum Gasteiger partial charge on any atom is 0.417 e. The van der Waals surface area contributed by atoms with Gasteiger partial charge < -0.3 is 0 Å². The van der Waals surface area contributed by atoms with Gasteiger partial charge in [-0.2, -0.15) is 13.2 Å². The zero-order valence-electron chi connectivity index (χ0n) is 6.83. The number of rotatable bonds is 1. The number of carbonyl (C=O) groups excluding carboxylic acids is 1. The average Bonchev–Trinajstić information content (AvgIpc) is 2.10. The predicted octanol–water partition coefficient (Wildman–Crippen LogP) is 4.07. The van der Waals surface area contributed by atoms with E-state index >= 15 is 0 Å². The van der Waals surface area contributed by atoms with Crippen LogP contribution in [0.4, 0.5) is 17.6 Å². The van der Waals surface area contributed by atoms with E-state index in [-0.39, 0.29) is 12.4 Å². The summed E-state index contributed by atoms with van der Waals surface area (Å²) in [6.45, 7) is 0. The second-order valence-electron chi connectivity index (χ2n) is 2.56. The molecule has 0 radical (unpaired) electrons. The highest BCUT2D eigenvalue weighted by molar-refractivity contribution is 9.10. The van der Waals surface area contributed by atoms with E-state index in [2.05, 4.69) is 15.9 Å². The molecule has 15 heavy (non-hydrogen) atoms. The smallest absolute Gasteiger partial charge is 0.298 e. The number of hydrogen-bond donors (Lipinski definition) is 0. The molecule has 1 aromatic carbocycles. The molecule has 1 aromatic rings. The normalized spacial score (nSPS) is 11.6. The Hall–Kier alpha value is -0.620. The molecule has 0 N–H and O–H groups in total. The third kappa shape index (κ3) is 2.31. The molecule has 0 atom stereocenters. The highest BCUT2D eigenvalue weighted by Crippen LogP contribution is 2.40. The van der Waals surface area contributed by atoms with Crippen molar-refractivity contribution in [1.29, 1.82) is 0 Å². The molecule has 0 unspecified atom stereocenters. The van der Waals surface area contributed by atoms with Crippen molar-refractivity contribution in [2.45, 2.75) is 6.18 Å². The molecule has 0 aliphatic carbocycles. The van der Waals surface area contributed by atoms with Crippen LogP contribution in [0.3, 0.4) is 0 Å². The van der Waals surface area contributed by atoms with Crippen molar-refractivity contribution in [3.05, 3.63) is 32.5 Å². The molecule has 1 nitrogen and oxygen atoms in total. The van der Waals surface area contributed by atoms with Crippen LogP contribution >= 0.6 is 27.5 Å². The molecule has 0 amide bonds. The highest BCUT2D eigenvalue weighted by Gasteiger charge is 2.35. The lowest BCUT2D eigenvalue weighted by Crippen LogP contribution is -2.08. The van der Waals surface area contributed by atoms with Gasteiger partial charge in [0.1, 0.15) is 5.82 Å². The molecule has 1 rings (SSSR count). The Morgan fingerprint density at radius 2 is 1.93 bits per heavy atom. The number of aldehydes is 1. The molecule has 0 bridgehead atoms. The second-order valence-corrected chi connectivity index (χ2v) is 3.73. The van der Waals surface area contributed by atoms with Gasteiger partial charge in [0.05, 0.1) is 20.6 Å². The largest absolute Gasteiger partial charge is 0.417 e. The molecule has 0 fully saturated rings. The topological polar surface area (TPSA) is 17.1 Å². The van der Waals surface area contributed by atoms with E-state index < -0.39 is 32.6 Å². The standard InChI is InChI=1S/C8H2BrClF4O/c9-6-3(2-15)5(11)1-4(7(6)10)8(12,13)14/h1-2H. The van der Waals surface area contributed by atoms with Crippen LogP contribution in [-0.2, 0) is 6.18 Å². The van der Waals surface area contributed by atoms with Crippen molar-refractivity contribution in [2.24, 2.45) is 0 Å². The maximum atomic E-state index is 13.0. The summed E-state index contributed by atoms with van der Waals surface area (Å²) in [7, 11) is 0. The Morgan fingerprint density at radius 3 is 2.33 bits per heavy atom. The molecule has 82 valence electrons. The zero-order chi connectivity index (χ0) is 11.8. The lowest BCUT2D eigenvalue weighted by Gasteiger charge is -2.11. The van der Waals surface area contributed by atoms with Crippen molar-refractivity contribution < 1.29 is 22.4 Å². The minimum Gasteiger partial charge on any atom is -0.298 e. The summed E-state index contributed by atoms with van der Waals surface area (Å²) in [6, 6.07) is 0.191. The maximum absolute atomic E-state index is 13.0. The summed E-state index contributed by atoms with van der Waals surface area (Å²) in [5.74, 6) is -1.27. The fourth-order valence-electron chi connectivity index (χ4n) is 0.923. The van der Waals surface area contributed by atoms with Crippen LogP contribution in [0.5, 0.6) is 0 Å². The molecule has 0 saturated heterocycles. The first kappa shape index (κ1) is 12.4. The molecule has 0 heterocycles. The van der Waals surface area contributed by atoms with E-state index in [1.165, 1.54) is 0 Å². The molecule has 7 heteroatoms. The Morgan fingerprint density at radius 1 is 1.40 bits per heavy atom. The summed E-state index contributed by atoms with van der Waals surface area (Å²) in [5.41, 5.74) is -1.85. The third-order valence-corrected chi connectivity index (χ3v) is 3.06. The lowest BCUT2D eigenvalue weighted by atomic mass is 10.1. The van der Waals surface area contributed by atoms with Gasteiger partial charge in [-0.3, -0.25) is 4.79 Å². The number of alkyl halides is 3. The SMILES string of the molecule is O=Cc1c(F)cc(C(F)(F)F)c(Cl)c1Br. The minimum atomic E-state index is -4.76. The molecular weight excluding hydrogens is 303 g/mol. The third-order valence-electron chi connectivity index (χ3n) is 1.62. The van der Waals surface area contributed by atoms with Gasteiger partial charge in [0.15, 0.2) is 6.29 Å². The van der Waals surface area contributed by atoms with Gasteiger partial charge in [0.2, 0.25) is 0 Å². The van der Waals surface area contributed by atoms with E-state index in [0.29, 0.717) is 0 Å². The van der Waals surface area contributed by atoms with Gasteiger partial charge in [-0.25, -0.2) is 4.39 Å². The molecular formula is C8H2BrClF4O. The van der Waals surface area contributed by atoms with E-state index in [4.69, 9.17) is 11.6 Å². The molecule has 0 aliphatic heterocycles. The fraction of sp³-hybridized carbons (Fsp3) is 0.125. The number of halogens is 6. The quantitative estimate of drug-likeness (QED) is 0.434. The average molecular weight is 305 g/mol. The molecule has 0 spiro atoms. The van der Waals surface area contributed by atoms with Gasteiger partial charge in [-0.1, -0.05) is 11.6 Å². The van der Waals surface area contributed by atoms with Crippen molar-refractivity contribution in [3.63, 3.8) is 0 Å². The Bertz CT molecular complexity index is 416. The Balaban J connectivity index is 3.55. The zero-order valence-corrected chi connectivity index (χ0v) is 9.17. The van der Waals surface area contributed by atoms with Crippen LogP contribution in [0.1, 0.15) is 15.9 Å². The van der Waals surface area contributed by atoms with Crippen LogP contribution in [0, 0.1) is 5.82 Å². The Kier molecular flexibility index (Phi) is 3.40. The number of benzene rings is 1. The summed E-state index contributed by atoms with van der Waals surface area (Å²) >= 11 is 7.97. The first-order chi connectivity index (χ1) is 6.79. The van der Waals surface area contributed by atoms with Crippen molar-refractivity contribution in [3.8, 4) is 0 Å². The summed E-state index contributed by atoms with van der Waals surface area (Å²) < 4.78 is 49.5. The van der Waals surface area contributed by atoms with Crippen LogP contribution in [-0.4, -0.2) is 6.29 Å². The minimum absolute atomic E-state index is 0.0887. The van der Waals surface area contributed by atoms with E-state index in [1.807, 2.05) is 0 Å². The van der Waals surface area contributed by atoms with Gasteiger partial charge in [0.25, 0.3) is 0 Å². The summed E-state index contributed by atoms with van der Waals surface area (Å²) in [6.07, 6.45) is -4.67. The monoisotopic (exact) mass is 304 g/mol.